The molecule has 0 unspecified atom stereocenters. The Balaban J connectivity index is 1.75. The average molecular weight is 389 g/mol. The van der Waals surface area contributed by atoms with E-state index in [1.54, 1.807) is 6.07 Å². The lowest BCUT2D eigenvalue weighted by molar-refractivity contribution is -0.123. The van der Waals surface area contributed by atoms with E-state index in [4.69, 9.17) is 27.9 Å². The normalized spacial score (nSPS) is 12.0. The third kappa shape index (κ3) is 4.09. The number of rotatable bonds is 5. The molecule has 3 rings (SSSR count). The molecule has 1 aromatic heterocycles. The molecule has 0 saturated carbocycles. The van der Waals surface area contributed by atoms with Gasteiger partial charge in [-0.3, -0.25) is 4.79 Å². The van der Waals surface area contributed by atoms with Gasteiger partial charge in [-0.2, -0.15) is 0 Å². The number of halogens is 2. The van der Waals surface area contributed by atoms with Crippen molar-refractivity contribution in [3.8, 4) is 5.75 Å². The molecule has 1 heterocycles. The second-order valence-electron chi connectivity index (χ2n) is 6.01. The summed E-state index contributed by atoms with van der Waals surface area (Å²) in [5.41, 5.74) is 2.38. The Labute approximate surface area is 162 Å². The Morgan fingerprint density at radius 2 is 1.88 bits per heavy atom. The van der Waals surface area contributed by atoms with Gasteiger partial charge in [-0.05, 0) is 37.6 Å². The number of carbonyl (C=O) groups is 1. The number of benzene rings is 2. The molecule has 0 bridgehead atoms. The van der Waals surface area contributed by atoms with Crippen molar-refractivity contribution in [1.29, 1.82) is 0 Å². The average Bonchev–Trinajstić information content (AvgIpc) is 2.62. The van der Waals surface area contributed by atoms with Crippen LogP contribution in [0.2, 0.25) is 10.0 Å². The summed E-state index contributed by atoms with van der Waals surface area (Å²) in [5, 5.41) is 4.45. The molecule has 1 atom stereocenters. The molecular weight excluding hydrogens is 371 g/mol. The van der Waals surface area contributed by atoms with Gasteiger partial charge in [-0.15, -0.1) is 0 Å². The van der Waals surface area contributed by atoms with Gasteiger partial charge in [0.05, 0.1) is 16.1 Å². The van der Waals surface area contributed by atoms with Crippen LogP contribution in [0.25, 0.3) is 10.9 Å². The van der Waals surface area contributed by atoms with E-state index in [0.717, 1.165) is 16.6 Å². The lowest BCUT2D eigenvalue weighted by Crippen LogP contribution is -2.31. The fraction of sp³-hybridized carbons (Fsp3) is 0.200. The van der Waals surface area contributed by atoms with Gasteiger partial charge in [0.1, 0.15) is 5.52 Å². The summed E-state index contributed by atoms with van der Waals surface area (Å²) in [4.78, 5) is 16.7. The van der Waals surface area contributed by atoms with Gasteiger partial charge in [0.2, 0.25) is 0 Å². The second-order valence-corrected chi connectivity index (χ2v) is 6.82. The minimum atomic E-state index is -0.242. The zero-order valence-electron chi connectivity index (χ0n) is 14.4. The standard InChI is InChI=1S/C20H18Cl2N2O2/c1-12-8-9-15-16(21)10-17(22)20(19(15)23-12)26-11-18(25)24-13(2)14-6-4-3-5-7-14/h3-10,13H,11H2,1-2H3,(H,24,25)/t13-/m1/s1. The molecule has 1 amide bonds. The van der Waals surface area contributed by atoms with E-state index in [1.807, 2.05) is 56.3 Å². The van der Waals surface area contributed by atoms with E-state index in [-0.39, 0.29) is 18.6 Å². The van der Waals surface area contributed by atoms with E-state index in [1.165, 1.54) is 0 Å². The van der Waals surface area contributed by atoms with E-state index >= 15 is 0 Å². The molecule has 0 fully saturated rings. The summed E-state index contributed by atoms with van der Waals surface area (Å²) in [6, 6.07) is 14.9. The van der Waals surface area contributed by atoms with Gasteiger partial charge in [0, 0.05) is 11.1 Å². The van der Waals surface area contributed by atoms with Crippen LogP contribution in [-0.4, -0.2) is 17.5 Å². The van der Waals surface area contributed by atoms with Crippen LogP contribution in [0.5, 0.6) is 5.75 Å². The number of nitrogens with zero attached hydrogens (tertiary/aromatic N) is 1. The quantitative estimate of drug-likeness (QED) is 0.660. The maximum atomic E-state index is 12.3. The maximum absolute atomic E-state index is 12.3. The van der Waals surface area contributed by atoms with Crippen LogP contribution >= 0.6 is 23.2 Å². The summed E-state index contributed by atoms with van der Waals surface area (Å²) in [6.45, 7) is 3.62. The summed E-state index contributed by atoms with van der Waals surface area (Å²) in [5.74, 6) is 0.116. The zero-order valence-corrected chi connectivity index (χ0v) is 15.9. The number of nitrogens with one attached hydrogen (secondary N) is 1. The van der Waals surface area contributed by atoms with Crippen molar-refractivity contribution in [2.45, 2.75) is 19.9 Å². The first kappa shape index (κ1) is 18.5. The van der Waals surface area contributed by atoms with Crippen molar-refractivity contribution in [1.82, 2.24) is 10.3 Å². The van der Waals surface area contributed by atoms with Crippen LogP contribution in [-0.2, 0) is 4.79 Å². The van der Waals surface area contributed by atoms with Crippen LogP contribution in [0.3, 0.4) is 0 Å². The Bertz CT molecular complexity index is 945. The number of aromatic nitrogens is 1. The number of hydrogen-bond donors (Lipinski definition) is 1. The number of pyridine rings is 1. The lowest BCUT2D eigenvalue weighted by atomic mass is 10.1. The summed E-state index contributed by atoms with van der Waals surface area (Å²) in [6.07, 6.45) is 0. The fourth-order valence-electron chi connectivity index (χ4n) is 2.67. The van der Waals surface area contributed by atoms with E-state index in [9.17, 15) is 4.79 Å². The third-order valence-corrected chi connectivity index (χ3v) is 4.60. The minimum absolute atomic E-state index is 0.120. The Kier molecular flexibility index (Phi) is 5.64. The van der Waals surface area contributed by atoms with Crippen molar-refractivity contribution >= 4 is 40.0 Å². The van der Waals surface area contributed by atoms with Gasteiger partial charge in [-0.1, -0.05) is 53.5 Å². The summed E-state index contributed by atoms with van der Waals surface area (Å²) >= 11 is 12.5. The molecule has 0 radical (unpaired) electrons. The van der Waals surface area contributed by atoms with Crippen molar-refractivity contribution < 1.29 is 9.53 Å². The van der Waals surface area contributed by atoms with Gasteiger partial charge < -0.3 is 10.1 Å². The molecule has 3 aromatic rings. The highest BCUT2D eigenvalue weighted by molar-refractivity contribution is 6.39. The largest absolute Gasteiger partial charge is 0.480 e. The first-order chi connectivity index (χ1) is 12.5. The molecule has 0 aliphatic rings. The smallest absolute Gasteiger partial charge is 0.258 e. The van der Waals surface area contributed by atoms with Gasteiger partial charge in [0.25, 0.3) is 5.91 Å². The van der Waals surface area contributed by atoms with Crippen LogP contribution in [0, 0.1) is 6.92 Å². The van der Waals surface area contributed by atoms with Gasteiger partial charge >= 0.3 is 0 Å². The van der Waals surface area contributed by atoms with Gasteiger partial charge in [-0.25, -0.2) is 4.98 Å². The molecule has 134 valence electrons. The number of fused-ring (bicyclic) bond motifs is 1. The monoisotopic (exact) mass is 388 g/mol. The van der Waals surface area contributed by atoms with Crippen molar-refractivity contribution in [3.05, 3.63) is 69.8 Å². The minimum Gasteiger partial charge on any atom is -0.480 e. The SMILES string of the molecule is Cc1ccc2c(Cl)cc(Cl)c(OCC(=O)N[C@H](C)c3ccccc3)c2n1. The molecule has 1 N–H and O–H groups in total. The highest BCUT2D eigenvalue weighted by Crippen LogP contribution is 2.37. The van der Waals surface area contributed by atoms with E-state index in [2.05, 4.69) is 10.3 Å². The highest BCUT2D eigenvalue weighted by atomic mass is 35.5. The molecule has 0 aliphatic heterocycles. The first-order valence-corrected chi connectivity index (χ1v) is 8.94. The summed E-state index contributed by atoms with van der Waals surface area (Å²) in [7, 11) is 0. The molecular formula is C20H18Cl2N2O2. The van der Waals surface area contributed by atoms with Crippen molar-refractivity contribution in [2.75, 3.05) is 6.61 Å². The van der Waals surface area contributed by atoms with Crippen LogP contribution in [0.4, 0.5) is 0 Å². The maximum Gasteiger partial charge on any atom is 0.258 e. The predicted octanol–water partition coefficient (Wildman–Crippen LogP) is 5.11. The lowest BCUT2D eigenvalue weighted by Gasteiger charge is -2.16. The molecule has 0 saturated heterocycles. The van der Waals surface area contributed by atoms with Crippen molar-refractivity contribution in [2.24, 2.45) is 0 Å². The number of carbonyl (C=O) groups excluding carboxylic acids is 1. The molecule has 4 nitrogen and oxygen atoms in total. The Hall–Kier alpha value is -2.30. The van der Waals surface area contributed by atoms with E-state index in [0.29, 0.717) is 21.3 Å². The number of aryl methyl sites for hydroxylation is 1. The Morgan fingerprint density at radius 3 is 2.62 bits per heavy atom. The predicted molar refractivity (Wildman–Crippen MR) is 105 cm³/mol. The van der Waals surface area contributed by atoms with Crippen LogP contribution < -0.4 is 10.1 Å². The molecule has 2 aromatic carbocycles. The zero-order chi connectivity index (χ0) is 18.7. The molecule has 6 heteroatoms. The number of amides is 1. The third-order valence-electron chi connectivity index (χ3n) is 4.00. The Morgan fingerprint density at radius 1 is 1.15 bits per heavy atom. The highest BCUT2D eigenvalue weighted by Gasteiger charge is 2.16. The van der Waals surface area contributed by atoms with Crippen LogP contribution in [0.15, 0.2) is 48.5 Å². The van der Waals surface area contributed by atoms with E-state index < -0.39 is 0 Å². The number of ether oxygens (including phenoxy) is 1. The van der Waals surface area contributed by atoms with Crippen LogP contribution in [0.1, 0.15) is 24.2 Å². The number of hydrogen-bond acceptors (Lipinski definition) is 3. The molecule has 0 spiro atoms. The topological polar surface area (TPSA) is 51.2 Å². The second kappa shape index (κ2) is 7.94. The molecule has 26 heavy (non-hydrogen) atoms. The first-order valence-electron chi connectivity index (χ1n) is 8.18. The summed E-state index contributed by atoms with van der Waals surface area (Å²) < 4.78 is 5.69. The van der Waals surface area contributed by atoms with Crippen molar-refractivity contribution in [3.63, 3.8) is 0 Å². The molecule has 0 aliphatic carbocycles. The van der Waals surface area contributed by atoms with Gasteiger partial charge in [0.15, 0.2) is 12.4 Å². The fourth-order valence-corrected chi connectivity index (χ4v) is 3.24.